The molecule has 0 aliphatic heterocycles. The number of benzene rings is 1. The van der Waals surface area contributed by atoms with Gasteiger partial charge in [-0.1, -0.05) is 25.1 Å². The number of ether oxygens (including phenoxy) is 1. The third kappa shape index (κ3) is 5.74. The minimum absolute atomic E-state index is 0.140. The second-order valence-electron chi connectivity index (χ2n) is 7.02. The van der Waals surface area contributed by atoms with E-state index in [-0.39, 0.29) is 24.5 Å². The molecule has 146 valence electrons. The lowest BCUT2D eigenvalue weighted by Gasteiger charge is -2.36. The minimum Gasteiger partial charge on any atom is -0.375 e. The normalized spacial score (nSPS) is 19.6. The Balaban J connectivity index is 1.55. The van der Waals surface area contributed by atoms with Crippen molar-refractivity contribution in [2.45, 2.75) is 45.3 Å². The second-order valence-corrected chi connectivity index (χ2v) is 7.91. The molecule has 1 aliphatic rings. The van der Waals surface area contributed by atoms with Crippen LogP contribution in [0.1, 0.15) is 38.2 Å². The maximum atomic E-state index is 13.7. The molecule has 0 spiro atoms. The van der Waals surface area contributed by atoms with Crippen molar-refractivity contribution in [2.75, 3.05) is 18.5 Å². The van der Waals surface area contributed by atoms with Gasteiger partial charge in [-0.05, 0) is 37.7 Å². The summed E-state index contributed by atoms with van der Waals surface area (Å²) in [5.74, 6) is 0.444. The average Bonchev–Trinajstić information content (AvgIpc) is 3.17. The van der Waals surface area contributed by atoms with Crippen molar-refractivity contribution in [3.8, 4) is 0 Å². The smallest absolute Gasteiger partial charge is 0.323 e. The summed E-state index contributed by atoms with van der Waals surface area (Å²) < 4.78 is 19.3. The number of aromatic nitrogens is 1. The summed E-state index contributed by atoms with van der Waals surface area (Å²) in [7, 11) is 0. The van der Waals surface area contributed by atoms with E-state index in [9.17, 15) is 9.18 Å². The molecule has 1 heterocycles. The van der Waals surface area contributed by atoms with Crippen molar-refractivity contribution in [3.05, 3.63) is 47.2 Å². The van der Waals surface area contributed by atoms with Crippen molar-refractivity contribution in [3.63, 3.8) is 0 Å². The van der Waals surface area contributed by atoms with Crippen molar-refractivity contribution in [1.82, 2.24) is 9.88 Å². The first-order valence-corrected chi connectivity index (χ1v) is 10.3. The summed E-state index contributed by atoms with van der Waals surface area (Å²) in [6.07, 6.45) is 5.92. The van der Waals surface area contributed by atoms with Crippen LogP contribution >= 0.6 is 11.3 Å². The van der Waals surface area contributed by atoms with Crippen LogP contribution in [0.15, 0.2) is 35.8 Å². The number of hydrogen-bond acceptors (Lipinski definition) is 4. The average molecular weight is 392 g/mol. The van der Waals surface area contributed by atoms with E-state index in [1.165, 1.54) is 17.4 Å². The van der Waals surface area contributed by atoms with Crippen LogP contribution in [0.2, 0.25) is 0 Å². The largest absolute Gasteiger partial charge is 0.375 e. The van der Waals surface area contributed by atoms with E-state index in [1.807, 2.05) is 10.3 Å². The van der Waals surface area contributed by atoms with Crippen LogP contribution in [-0.2, 0) is 11.3 Å². The summed E-state index contributed by atoms with van der Waals surface area (Å²) in [5, 5.41) is 5.31. The van der Waals surface area contributed by atoms with Gasteiger partial charge < -0.3 is 9.64 Å². The SMILES string of the molecule is CC1CCC(N(CCOCc2ccccc2F)C(=O)Nc2nccs2)CC1. The topological polar surface area (TPSA) is 54.5 Å². The number of nitrogens with one attached hydrogen (secondary N) is 1. The highest BCUT2D eigenvalue weighted by atomic mass is 32.1. The maximum absolute atomic E-state index is 13.7. The summed E-state index contributed by atoms with van der Waals surface area (Å²) in [5.41, 5.74) is 0.530. The maximum Gasteiger partial charge on any atom is 0.323 e. The Morgan fingerprint density at radius 2 is 2.11 bits per heavy atom. The molecule has 1 N–H and O–H groups in total. The van der Waals surface area contributed by atoms with Crippen molar-refractivity contribution >= 4 is 22.5 Å². The molecule has 1 aliphatic carbocycles. The number of halogens is 1. The third-order valence-corrected chi connectivity index (χ3v) is 5.71. The quantitative estimate of drug-likeness (QED) is 0.682. The summed E-state index contributed by atoms with van der Waals surface area (Å²) in [6.45, 7) is 3.31. The molecule has 1 saturated carbocycles. The fourth-order valence-electron chi connectivity index (χ4n) is 3.41. The zero-order chi connectivity index (χ0) is 19.1. The van der Waals surface area contributed by atoms with Gasteiger partial charge in [0.2, 0.25) is 0 Å². The zero-order valence-electron chi connectivity index (χ0n) is 15.6. The predicted molar refractivity (Wildman–Crippen MR) is 105 cm³/mol. The first-order chi connectivity index (χ1) is 13.1. The summed E-state index contributed by atoms with van der Waals surface area (Å²) in [6, 6.07) is 6.66. The van der Waals surface area contributed by atoms with E-state index in [0.29, 0.717) is 29.8 Å². The van der Waals surface area contributed by atoms with Crippen LogP contribution in [0, 0.1) is 11.7 Å². The molecule has 1 aromatic carbocycles. The Hall–Kier alpha value is -1.99. The van der Waals surface area contributed by atoms with Gasteiger partial charge in [0.25, 0.3) is 0 Å². The molecule has 3 rings (SSSR count). The second kappa shape index (κ2) is 9.80. The molecule has 0 atom stereocenters. The fraction of sp³-hybridized carbons (Fsp3) is 0.500. The molecule has 2 amide bonds. The molecule has 0 unspecified atom stereocenters. The van der Waals surface area contributed by atoms with Crippen LogP contribution in [0.3, 0.4) is 0 Å². The lowest BCUT2D eigenvalue weighted by Crippen LogP contribution is -2.46. The van der Waals surface area contributed by atoms with Gasteiger partial charge >= 0.3 is 6.03 Å². The van der Waals surface area contributed by atoms with E-state index >= 15 is 0 Å². The number of nitrogens with zero attached hydrogens (tertiary/aromatic N) is 2. The highest BCUT2D eigenvalue weighted by Gasteiger charge is 2.27. The zero-order valence-corrected chi connectivity index (χ0v) is 16.4. The number of carbonyl (C=O) groups is 1. The van der Waals surface area contributed by atoms with Crippen LogP contribution < -0.4 is 5.32 Å². The molecule has 1 aromatic heterocycles. The van der Waals surface area contributed by atoms with Crippen molar-refractivity contribution in [1.29, 1.82) is 0 Å². The lowest BCUT2D eigenvalue weighted by atomic mass is 9.86. The lowest BCUT2D eigenvalue weighted by molar-refractivity contribution is 0.0799. The van der Waals surface area contributed by atoms with Gasteiger partial charge in [0.05, 0.1) is 13.2 Å². The molecule has 27 heavy (non-hydrogen) atoms. The fourth-order valence-corrected chi connectivity index (χ4v) is 3.93. The molecule has 5 nitrogen and oxygen atoms in total. The van der Waals surface area contributed by atoms with E-state index in [2.05, 4.69) is 17.2 Å². The Kier molecular flexibility index (Phi) is 7.18. The van der Waals surface area contributed by atoms with E-state index < -0.39 is 0 Å². The van der Waals surface area contributed by atoms with Gasteiger partial charge in [0, 0.05) is 29.7 Å². The predicted octanol–water partition coefficient (Wildman–Crippen LogP) is 4.91. The monoisotopic (exact) mass is 391 g/mol. The van der Waals surface area contributed by atoms with E-state index in [0.717, 1.165) is 25.7 Å². The van der Waals surface area contributed by atoms with Gasteiger partial charge in [-0.25, -0.2) is 14.2 Å². The number of amides is 2. The Morgan fingerprint density at radius 1 is 1.33 bits per heavy atom. The van der Waals surface area contributed by atoms with Gasteiger partial charge in [-0.2, -0.15) is 0 Å². The molecule has 0 saturated heterocycles. The molecule has 0 radical (unpaired) electrons. The number of anilines is 1. The first kappa shape index (κ1) is 19.8. The standard InChI is InChI=1S/C20H26FN3O2S/c1-15-6-8-17(9-7-15)24(20(25)23-19-22-10-13-27-19)11-12-26-14-16-4-2-3-5-18(16)21/h2-5,10,13,15,17H,6-9,11-12,14H2,1H3,(H,22,23,25). The van der Waals surface area contributed by atoms with E-state index in [1.54, 1.807) is 24.4 Å². The Labute approximate surface area is 163 Å². The number of thiazole rings is 1. The number of urea groups is 1. The molecule has 7 heteroatoms. The molecule has 2 aromatic rings. The number of carbonyl (C=O) groups excluding carboxylic acids is 1. The van der Waals surface area contributed by atoms with Crippen LogP contribution in [-0.4, -0.2) is 35.1 Å². The highest BCUT2D eigenvalue weighted by Crippen LogP contribution is 2.27. The van der Waals surface area contributed by atoms with Crippen LogP contribution in [0.5, 0.6) is 0 Å². The summed E-state index contributed by atoms with van der Waals surface area (Å²) in [4.78, 5) is 18.8. The molecular formula is C20H26FN3O2S. The molecule has 0 bridgehead atoms. The Morgan fingerprint density at radius 3 is 2.81 bits per heavy atom. The third-order valence-electron chi connectivity index (χ3n) is 5.03. The van der Waals surface area contributed by atoms with Crippen LogP contribution in [0.4, 0.5) is 14.3 Å². The Bertz CT molecular complexity index is 718. The van der Waals surface area contributed by atoms with E-state index in [4.69, 9.17) is 4.74 Å². The minimum atomic E-state index is -0.267. The summed E-state index contributed by atoms with van der Waals surface area (Å²) >= 11 is 1.40. The highest BCUT2D eigenvalue weighted by molar-refractivity contribution is 7.13. The first-order valence-electron chi connectivity index (χ1n) is 9.41. The van der Waals surface area contributed by atoms with Crippen molar-refractivity contribution in [2.24, 2.45) is 5.92 Å². The van der Waals surface area contributed by atoms with Gasteiger partial charge in [-0.3, -0.25) is 5.32 Å². The van der Waals surface area contributed by atoms with Gasteiger partial charge in [0.1, 0.15) is 5.82 Å². The number of rotatable bonds is 7. The molecule has 1 fully saturated rings. The molecular weight excluding hydrogens is 365 g/mol. The van der Waals surface area contributed by atoms with Gasteiger partial charge in [-0.15, -0.1) is 11.3 Å². The number of hydrogen-bond donors (Lipinski definition) is 1. The van der Waals surface area contributed by atoms with Crippen molar-refractivity contribution < 1.29 is 13.9 Å². The van der Waals surface area contributed by atoms with Crippen LogP contribution in [0.25, 0.3) is 0 Å². The van der Waals surface area contributed by atoms with Gasteiger partial charge in [0.15, 0.2) is 5.13 Å².